The van der Waals surface area contributed by atoms with E-state index in [2.05, 4.69) is 5.32 Å². The minimum atomic E-state index is -0.612. The summed E-state index contributed by atoms with van der Waals surface area (Å²) in [6.07, 6.45) is 1.62. The minimum Gasteiger partial charge on any atom is -0.381 e. The van der Waals surface area contributed by atoms with Crippen LogP contribution >= 0.6 is 0 Å². The molecule has 0 radical (unpaired) electrons. The van der Waals surface area contributed by atoms with Crippen molar-refractivity contribution >= 4 is 5.91 Å². The van der Waals surface area contributed by atoms with E-state index >= 15 is 0 Å². The van der Waals surface area contributed by atoms with Crippen LogP contribution in [0.25, 0.3) is 0 Å². The number of benzene rings is 1. The normalized spacial score (nSPS) is 18.0. The van der Waals surface area contributed by atoms with Crippen LogP contribution in [0.3, 0.4) is 0 Å². The van der Waals surface area contributed by atoms with Gasteiger partial charge in [0.15, 0.2) is 0 Å². The average Bonchev–Trinajstić information content (AvgIpc) is 2.42. The van der Waals surface area contributed by atoms with E-state index in [1.54, 1.807) is 37.2 Å². The quantitative estimate of drug-likeness (QED) is 0.913. The second-order valence-electron chi connectivity index (χ2n) is 5.28. The molecule has 0 unspecified atom stereocenters. The van der Waals surface area contributed by atoms with Gasteiger partial charge in [-0.3, -0.25) is 9.69 Å². The van der Waals surface area contributed by atoms with Gasteiger partial charge in [0.1, 0.15) is 11.9 Å². The summed E-state index contributed by atoms with van der Waals surface area (Å²) in [6, 6.07) is 5.92. The van der Waals surface area contributed by atoms with Crippen LogP contribution in [0.4, 0.5) is 4.39 Å². The second-order valence-corrected chi connectivity index (χ2v) is 5.28. The molecule has 1 atom stereocenters. The summed E-state index contributed by atoms with van der Waals surface area (Å²) in [5.41, 5.74) is 0.405. The first-order valence-corrected chi connectivity index (χ1v) is 6.88. The predicted molar refractivity (Wildman–Crippen MR) is 74.8 cm³/mol. The number of rotatable bonds is 4. The Morgan fingerprint density at radius 1 is 1.35 bits per heavy atom. The largest absolute Gasteiger partial charge is 0.381 e. The molecule has 1 aliphatic rings. The summed E-state index contributed by atoms with van der Waals surface area (Å²) in [5, 5.41) is 3.00. The summed E-state index contributed by atoms with van der Waals surface area (Å²) in [6.45, 7) is 1.33. The first kappa shape index (κ1) is 14.9. The van der Waals surface area contributed by atoms with Crippen LogP contribution in [-0.4, -0.2) is 44.2 Å². The van der Waals surface area contributed by atoms with Crippen molar-refractivity contribution in [2.24, 2.45) is 0 Å². The van der Waals surface area contributed by atoms with Crippen molar-refractivity contribution in [2.75, 3.05) is 27.3 Å². The maximum atomic E-state index is 13.9. The predicted octanol–water partition coefficient (Wildman–Crippen LogP) is 1.72. The molecule has 1 saturated heterocycles. The third-order valence-electron chi connectivity index (χ3n) is 3.53. The van der Waals surface area contributed by atoms with Crippen LogP contribution in [0.2, 0.25) is 0 Å². The molecule has 1 N–H and O–H groups in total. The Bertz CT molecular complexity index is 459. The fraction of sp³-hybridized carbons (Fsp3) is 0.533. The molecule has 4 nitrogen and oxygen atoms in total. The van der Waals surface area contributed by atoms with Crippen LogP contribution in [0.5, 0.6) is 0 Å². The van der Waals surface area contributed by atoms with E-state index < -0.39 is 6.04 Å². The minimum absolute atomic E-state index is 0.116. The molecule has 0 spiro atoms. The Balaban J connectivity index is 2.12. The van der Waals surface area contributed by atoms with E-state index in [1.165, 1.54) is 6.07 Å². The zero-order chi connectivity index (χ0) is 14.5. The zero-order valence-electron chi connectivity index (χ0n) is 11.9. The van der Waals surface area contributed by atoms with Gasteiger partial charge in [0.2, 0.25) is 5.91 Å². The van der Waals surface area contributed by atoms with Crippen molar-refractivity contribution in [1.29, 1.82) is 0 Å². The molecular formula is C15H21FN2O2. The number of hydrogen-bond acceptors (Lipinski definition) is 3. The van der Waals surface area contributed by atoms with Crippen molar-refractivity contribution < 1.29 is 13.9 Å². The maximum Gasteiger partial charge on any atom is 0.242 e. The van der Waals surface area contributed by atoms with E-state index in [1.807, 2.05) is 0 Å². The molecule has 20 heavy (non-hydrogen) atoms. The highest BCUT2D eigenvalue weighted by atomic mass is 19.1. The van der Waals surface area contributed by atoms with Gasteiger partial charge in [-0.1, -0.05) is 18.2 Å². The highest BCUT2D eigenvalue weighted by Gasteiger charge is 2.27. The standard InChI is InChI=1S/C15H21FN2O2/c1-18(2)14(12-5-3-4-6-13(12)16)15(19)17-11-7-9-20-10-8-11/h3-6,11,14H,7-10H2,1-2H3,(H,17,19)/t14-/m1/s1. The Hall–Kier alpha value is -1.46. The van der Waals surface area contributed by atoms with Gasteiger partial charge in [-0.15, -0.1) is 0 Å². The van der Waals surface area contributed by atoms with Crippen molar-refractivity contribution in [3.8, 4) is 0 Å². The van der Waals surface area contributed by atoms with E-state index in [0.717, 1.165) is 12.8 Å². The van der Waals surface area contributed by atoms with Crippen molar-refractivity contribution in [3.05, 3.63) is 35.6 Å². The topological polar surface area (TPSA) is 41.6 Å². The first-order chi connectivity index (χ1) is 9.59. The third kappa shape index (κ3) is 3.55. The average molecular weight is 280 g/mol. The van der Waals surface area contributed by atoms with E-state index in [-0.39, 0.29) is 17.8 Å². The SMILES string of the molecule is CN(C)[C@@H](C(=O)NC1CCOCC1)c1ccccc1F. The zero-order valence-corrected chi connectivity index (χ0v) is 11.9. The number of nitrogens with zero attached hydrogens (tertiary/aromatic N) is 1. The Morgan fingerprint density at radius 2 is 2.00 bits per heavy atom. The van der Waals surface area contributed by atoms with Crippen LogP contribution < -0.4 is 5.32 Å². The second kappa shape index (κ2) is 6.81. The lowest BCUT2D eigenvalue weighted by Crippen LogP contribution is -2.44. The summed E-state index contributed by atoms with van der Waals surface area (Å²) in [4.78, 5) is 14.2. The van der Waals surface area contributed by atoms with Crippen LogP contribution in [0, 0.1) is 5.82 Å². The lowest BCUT2D eigenvalue weighted by atomic mass is 10.0. The highest BCUT2D eigenvalue weighted by Crippen LogP contribution is 2.22. The molecule has 2 rings (SSSR count). The molecule has 1 aromatic carbocycles. The Morgan fingerprint density at radius 3 is 2.60 bits per heavy atom. The van der Waals surface area contributed by atoms with Gasteiger partial charge in [0.05, 0.1) is 0 Å². The summed E-state index contributed by atoms with van der Waals surface area (Å²) in [7, 11) is 3.56. The lowest BCUT2D eigenvalue weighted by molar-refractivity contribution is -0.127. The maximum absolute atomic E-state index is 13.9. The van der Waals surface area contributed by atoms with Crippen molar-refractivity contribution in [2.45, 2.75) is 24.9 Å². The van der Waals surface area contributed by atoms with Gasteiger partial charge in [0, 0.05) is 24.8 Å². The number of likely N-dealkylation sites (N-methyl/N-ethyl adjacent to an activating group) is 1. The molecule has 0 bridgehead atoms. The van der Waals surface area contributed by atoms with E-state index in [9.17, 15) is 9.18 Å². The van der Waals surface area contributed by atoms with Gasteiger partial charge in [-0.2, -0.15) is 0 Å². The number of ether oxygens (including phenoxy) is 1. The molecular weight excluding hydrogens is 259 g/mol. The van der Waals surface area contributed by atoms with Crippen LogP contribution in [-0.2, 0) is 9.53 Å². The Labute approximate surface area is 118 Å². The van der Waals surface area contributed by atoms with Gasteiger partial charge >= 0.3 is 0 Å². The summed E-state index contributed by atoms with van der Waals surface area (Å²) >= 11 is 0. The summed E-state index contributed by atoms with van der Waals surface area (Å²) < 4.78 is 19.2. The fourth-order valence-electron chi connectivity index (χ4n) is 2.47. The van der Waals surface area contributed by atoms with Crippen molar-refractivity contribution in [3.63, 3.8) is 0 Å². The fourth-order valence-corrected chi connectivity index (χ4v) is 2.47. The number of carbonyl (C=O) groups excluding carboxylic acids is 1. The van der Waals surface area contributed by atoms with Gasteiger partial charge in [-0.05, 0) is 33.0 Å². The molecule has 1 fully saturated rings. The number of carbonyl (C=O) groups is 1. The highest BCUT2D eigenvalue weighted by molar-refractivity contribution is 5.83. The van der Waals surface area contributed by atoms with Gasteiger partial charge in [0.25, 0.3) is 0 Å². The molecule has 1 amide bonds. The molecule has 0 saturated carbocycles. The Kier molecular flexibility index (Phi) is 5.09. The number of halogens is 1. The smallest absolute Gasteiger partial charge is 0.242 e. The number of amides is 1. The number of hydrogen-bond donors (Lipinski definition) is 1. The van der Waals surface area contributed by atoms with Crippen molar-refractivity contribution in [1.82, 2.24) is 10.2 Å². The van der Waals surface area contributed by atoms with E-state index in [4.69, 9.17) is 4.74 Å². The molecule has 5 heteroatoms. The third-order valence-corrected chi connectivity index (χ3v) is 3.53. The summed E-state index contributed by atoms with van der Waals surface area (Å²) in [5.74, 6) is -0.514. The van der Waals surface area contributed by atoms with Crippen LogP contribution in [0.15, 0.2) is 24.3 Å². The number of nitrogens with one attached hydrogen (secondary N) is 1. The van der Waals surface area contributed by atoms with Gasteiger partial charge in [-0.25, -0.2) is 4.39 Å². The molecule has 0 aliphatic carbocycles. The monoisotopic (exact) mass is 280 g/mol. The van der Waals surface area contributed by atoms with Crippen LogP contribution in [0.1, 0.15) is 24.4 Å². The first-order valence-electron chi connectivity index (χ1n) is 6.88. The molecule has 1 aliphatic heterocycles. The van der Waals surface area contributed by atoms with Gasteiger partial charge < -0.3 is 10.1 Å². The lowest BCUT2D eigenvalue weighted by Gasteiger charge is -2.29. The molecule has 1 heterocycles. The molecule has 110 valence electrons. The van der Waals surface area contributed by atoms with E-state index in [0.29, 0.717) is 18.8 Å². The molecule has 0 aromatic heterocycles. The molecule has 1 aromatic rings.